The van der Waals surface area contributed by atoms with Crippen LogP contribution in [0.3, 0.4) is 0 Å². The third-order valence-electron chi connectivity index (χ3n) is 4.28. The second-order valence-electron chi connectivity index (χ2n) is 7.47. The Morgan fingerprint density at radius 2 is 1.58 bits per heavy atom. The van der Waals surface area contributed by atoms with E-state index in [1.807, 2.05) is 57.2 Å². The average molecular weight is 372 g/mol. The van der Waals surface area contributed by atoms with E-state index in [2.05, 4.69) is 4.72 Å². The van der Waals surface area contributed by atoms with Crippen LogP contribution in [0.15, 0.2) is 60.7 Å². The van der Waals surface area contributed by atoms with Gasteiger partial charge in [-0.25, -0.2) is 13.7 Å². The van der Waals surface area contributed by atoms with Gasteiger partial charge in [0.25, 0.3) is 0 Å². The summed E-state index contributed by atoms with van der Waals surface area (Å²) in [5.74, 6) is -0.385. The van der Waals surface area contributed by atoms with Gasteiger partial charge in [0.15, 0.2) is 0 Å². The van der Waals surface area contributed by atoms with Gasteiger partial charge >= 0.3 is 5.97 Å². The number of carbonyl (C=O) groups is 1. The van der Waals surface area contributed by atoms with Crippen molar-refractivity contribution in [3.63, 3.8) is 0 Å². The van der Waals surface area contributed by atoms with Crippen LogP contribution in [0.4, 0.5) is 0 Å². The van der Waals surface area contributed by atoms with Crippen molar-refractivity contribution in [2.24, 2.45) is 0 Å². The summed E-state index contributed by atoms with van der Waals surface area (Å²) in [5.41, 5.74) is 1.04. The number of nitrogens with zero attached hydrogens (tertiary/aromatic N) is 1. The van der Waals surface area contributed by atoms with E-state index >= 15 is 0 Å². The standard InChI is InChI=1S/C20H24N2O3S/c1-19(2,3)26(24)21-20(17-12-8-5-9-13-17)14-22(15-20)25-18(23)16-10-6-4-7-11-16/h4-13,21H,14-15H2,1-3H3. The van der Waals surface area contributed by atoms with Crippen LogP contribution >= 0.6 is 0 Å². The molecule has 0 saturated carbocycles. The minimum absolute atomic E-state index is 0.385. The lowest BCUT2D eigenvalue weighted by Crippen LogP contribution is -2.67. The SMILES string of the molecule is CC(C)(C)S(=O)NC1(c2ccccc2)CN(OC(=O)c2ccccc2)C1. The van der Waals surface area contributed by atoms with Gasteiger partial charge in [-0.05, 0) is 38.5 Å². The first-order chi connectivity index (χ1) is 12.3. The van der Waals surface area contributed by atoms with Gasteiger partial charge in [0.05, 0.1) is 39.9 Å². The first-order valence-electron chi connectivity index (χ1n) is 8.58. The fraction of sp³-hybridized carbons (Fsp3) is 0.350. The predicted molar refractivity (Wildman–Crippen MR) is 103 cm³/mol. The minimum Gasteiger partial charge on any atom is -0.364 e. The highest BCUT2D eigenvalue weighted by molar-refractivity contribution is 7.84. The highest BCUT2D eigenvalue weighted by Gasteiger charge is 2.48. The van der Waals surface area contributed by atoms with E-state index in [-0.39, 0.29) is 10.7 Å². The first-order valence-corrected chi connectivity index (χ1v) is 9.73. The molecule has 1 N–H and O–H groups in total. The van der Waals surface area contributed by atoms with Crippen LogP contribution in [0.2, 0.25) is 0 Å². The zero-order valence-corrected chi connectivity index (χ0v) is 16.1. The fourth-order valence-corrected chi connectivity index (χ4v) is 3.67. The molecular formula is C20H24N2O3S. The van der Waals surface area contributed by atoms with Crippen molar-refractivity contribution in [1.29, 1.82) is 0 Å². The van der Waals surface area contributed by atoms with Crippen LogP contribution < -0.4 is 4.72 Å². The van der Waals surface area contributed by atoms with Crippen LogP contribution in [-0.2, 0) is 21.4 Å². The highest BCUT2D eigenvalue weighted by atomic mass is 32.2. The van der Waals surface area contributed by atoms with Crippen molar-refractivity contribution >= 4 is 17.0 Å². The molecule has 138 valence electrons. The monoisotopic (exact) mass is 372 g/mol. The molecule has 0 radical (unpaired) electrons. The van der Waals surface area contributed by atoms with Gasteiger partial charge in [-0.3, -0.25) is 0 Å². The molecule has 26 heavy (non-hydrogen) atoms. The Balaban J connectivity index is 1.72. The van der Waals surface area contributed by atoms with E-state index < -0.39 is 16.5 Å². The summed E-state index contributed by atoms with van der Waals surface area (Å²) in [6.45, 7) is 6.68. The van der Waals surface area contributed by atoms with Crippen LogP contribution in [0, 0.1) is 0 Å². The fourth-order valence-electron chi connectivity index (χ4n) is 2.76. The number of hydrogen-bond donors (Lipinski definition) is 1. The van der Waals surface area contributed by atoms with Crippen molar-refractivity contribution < 1.29 is 13.8 Å². The Bertz CT molecular complexity index is 782. The molecule has 1 saturated heterocycles. The number of hydrogen-bond acceptors (Lipinski definition) is 4. The Kier molecular flexibility index (Phi) is 5.27. The zero-order chi connectivity index (χ0) is 18.8. The van der Waals surface area contributed by atoms with Crippen LogP contribution in [-0.4, -0.2) is 33.1 Å². The van der Waals surface area contributed by atoms with E-state index in [4.69, 9.17) is 4.84 Å². The molecule has 1 aliphatic rings. The van der Waals surface area contributed by atoms with Gasteiger partial charge in [0.1, 0.15) is 0 Å². The molecule has 3 rings (SSSR count). The number of nitrogens with one attached hydrogen (secondary N) is 1. The maximum Gasteiger partial charge on any atom is 0.357 e. The summed E-state index contributed by atoms with van der Waals surface area (Å²) in [6, 6.07) is 18.8. The van der Waals surface area contributed by atoms with Crippen molar-refractivity contribution in [3.8, 4) is 0 Å². The van der Waals surface area contributed by atoms with Gasteiger partial charge in [0, 0.05) is 0 Å². The van der Waals surface area contributed by atoms with Gasteiger partial charge in [-0.1, -0.05) is 48.5 Å². The summed E-state index contributed by atoms with van der Waals surface area (Å²) >= 11 is 0. The second-order valence-corrected chi connectivity index (χ2v) is 9.44. The molecule has 1 fully saturated rings. The van der Waals surface area contributed by atoms with Gasteiger partial charge in [-0.2, -0.15) is 0 Å². The van der Waals surface area contributed by atoms with Crippen molar-refractivity contribution in [2.75, 3.05) is 13.1 Å². The molecule has 1 heterocycles. The summed E-state index contributed by atoms with van der Waals surface area (Å²) in [6.07, 6.45) is 0. The molecule has 0 spiro atoms. The number of carbonyl (C=O) groups excluding carboxylic acids is 1. The Hall–Kier alpha value is -2.02. The Morgan fingerprint density at radius 1 is 1.04 bits per heavy atom. The van der Waals surface area contributed by atoms with Gasteiger partial charge < -0.3 is 4.84 Å². The smallest absolute Gasteiger partial charge is 0.357 e. The van der Waals surface area contributed by atoms with Gasteiger partial charge in [-0.15, -0.1) is 5.06 Å². The maximum atomic E-state index is 12.7. The molecule has 1 unspecified atom stereocenters. The molecule has 0 bridgehead atoms. The molecule has 0 aliphatic carbocycles. The van der Waals surface area contributed by atoms with E-state index in [1.54, 1.807) is 29.3 Å². The largest absolute Gasteiger partial charge is 0.364 e. The normalized spacial score (nSPS) is 18.0. The molecule has 2 aromatic rings. The van der Waals surface area contributed by atoms with E-state index in [0.717, 1.165) is 5.56 Å². The lowest BCUT2D eigenvalue weighted by Gasteiger charge is -2.49. The van der Waals surface area contributed by atoms with Crippen LogP contribution in [0.5, 0.6) is 0 Å². The molecule has 0 amide bonds. The molecule has 1 aliphatic heterocycles. The lowest BCUT2D eigenvalue weighted by molar-refractivity contribution is -0.187. The third kappa shape index (κ3) is 4.03. The third-order valence-corrected chi connectivity index (χ3v) is 5.97. The summed E-state index contributed by atoms with van der Waals surface area (Å²) < 4.78 is 15.6. The first kappa shape index (κ1) is 18.8. The molecule has 0 aromatic heterocycles. The average Bonchev–Trinajstić information content (AvgIpc) is 2.60. The maximum absolute atomic E-state index is 12.7. The quantitative estimate of drug-likeness (QED) is 0.877. The van der Waals surface area contributed by atoms with E-state index in [1.165, 1.54) is 0 Å². The van der Waals surface area contributed by atoms with E-state index in [9.17, 15) is 9.00 Å². The Labute approximate surface area is 156 Å². The number of hydroxylamine groups is 2. The molecule has 6 heteroatoms. The zero-order valence-electron chi connectivity index (χ0n) is 15.3. The van der Waals surface area contributed by atoms with Crippen LogP contribution in [0.25, 0.3) is 0 Å². The van der Waals surface area contributed by atoms with Gasteiger partial charge in [0.2, 0.25) is 0 Å². The summed E-state index contributed by atoms with van der Waals surface area (Å²) in [4.78, 5) is 17.7. The molecular weight excluding hydrogens is 348 g/mol. The lowest BCUT2D eigenvalue weighted by atomic mass is 9.85. The minimum atomic E-state index is -1.24. The van der Waals surface area contributed by atoms with Crippen LogP contribution in [0.1, 0.15) is 36.7 Å². The number of benzene rings is 2. The molecule has 1 atom stereocenters. The van der Waals surface area contributed by atoms with Crippen molar-refractivity contribution in [2.45, 2.75) is 31.1 Å². The van der Waals surface area contributed by atoms with E-state index in [0.29, 0.717) is 18.7 Å². The highest BCUT2D eigenvalue weighted by Crippen LogP contribution is 2.34. The topological polar surface area (TPSA) is 58.6 Å². The molecule has 2 aromatic carbocycles. The predicted octanol–water partition coefficient (Wildman–Crippen LogP) is 3.02. The molecule has 5 nitrogen and oxygen atoms in total. The number of rotatable bonds is 5. The second kappa shape index (κ2) is 7.31. The summed E-state index contributed by atoms with van der Waals surface area (Å²) in [7, 11) is -1.24. The van der Waals surface area contributed by atoms with Crippen molar-refractivity contribution in [3.05, 3.63) is 71.8 Å². The van der Waals surface area contributed by atoms with Crippen molar-refractivity contribution in [1.82, 2.24) is 9.79 Å². The summed E-state index contributed by atoms with van der Waals surface area (Å²) in [5, 5.41) is 1.61. The Morgan fingerprint density at radius 3 is 2.12 bits per heavy atom.